The second-order valence-electron chi connectivity index (χ2n) is 6.36. The zero-order chi connectivity index (χ0) is 16.2. The summed E-state index contributed by atoms with van der Waals surface area (Å²) in [7, 11) is 0. The summed E-state index contributed by atoms with van der Waals surface area (Å²) in [6.45, 7) is 12.5. The number of hydrogen-bond donors (Lipinski definition) is 2. The average molecular weight is 292 g/mol. The molecule has 1 atom stereocenters. The topological polar surface area (TPSA) is 52.6 Å². The van der Waals surface area contributed by atoms with Gasteiger partial charge in [0.2, 0.25) is 5.91 Å². The van der Waals surface area contributed by atoms with E-state index in [2.05, 4.69) is 5.32 Å². The van der Waals surface area contributed by atoms with E-state index in [1.54, 1.807) is 13.8 Å². The number of aliphatic hydroxyl groups is 1. The minimum atomic E-state index is -0.816. The molecule has 0 spiro atoms. The number of anilines is 1. The lowest BCUT2D eigenvalue weighted by Gasteiger charge is -2.32. The number of carbonyl (C=O) groups excluding carboxylic acids is 1. The van der Waals surface area contributed by atoms with Crippen molar-refractivity contribution in [3.8, 4) is 0 Å². The van der Waals surface area contributed by atoms with Gasteiger partial charge in [0.1, 0.15) is 0 Å². The molecule has 0 aliphatic rings. The first-order valence-electron chi connectivity index (χ1n) is 7.48. The average Bonchev–Trinajstić information content (AvgIpc) is 2.38. The molecule has 0 radical (unpaired) electrons. The van der Waals surface area contributed by atoms with Crippen LogP contribution in [0.3, 0.4) is 0 Å². The molecule has 0 aliphatic carbocycles. The Morgan fingerprint density at radius 3 is 2.52 bits per heavy atom. The number of hydrogen-bond acceptors (Lipinski definition) is 3. The van der Waals surface area contributed by atoms with Crippen molar-refractivity contribution < 1.29 is 9.90 Å². The fraction of sp³-hybridized carbons (Fsp3) is 0.588. The van der Waals surface area contributed by atoms with Crippen molar-refractivity contribution in [1.29, 1.82) is 0 Å². The molecule has 4 heteroatoms. The van der Waals surface area contributed by atoms with E-state index in [1.807, 2.05) is 50.8 Å². The predicted molar refractivity (Wildman–Crippen MR) is 87.6 cm³/mol. The van der Waals surface area contributed by atoms with E-state index in [1.165, 1.54) is 0 Å². The Labute approximate surface area is 128 Å². The van der Waals surface area contributed by atoms with Crippen molar-refractivity contribution in [2.24, 2.45) is 0 Å². The first-order valence-corrected chi connectivity index (χ1v) is 7.48. The van der Waals surface area contributed by atoms with E-state index >= 15 is 0 Å². The summed E-state index contributed by atoms with van der Waals surface area (Å²) in [4.78, 5) is 14.4. The molecule has 21 heavy (non-hydrogen) atoms. The quantitative estimate of drug-likeness (QED) is 0.847. The van der Waals surface area contributed by atoms with E-state index in [0.29, 0.717) is 13.1 Å². The maximum absolute atomic E-state index is 12.4. The molecule has 0 saturated heterocycles. The van der Waals surface area contributed by atoms with Crippen LogP contribution in [-0.4, -0.2) is 40.6 Å². The minimum absolute atomic E-state index is 0.0465. The van der Waals surface area contributed by atoms with Crippen LogP contribution < -0.4 is 5.32 Å². The molecule has 1 aromatic rings. The largest absolute Gasteiger partial charge is 0.389 e. The summed E-state index contributed by atoms with van der Waals surface area (Å²) in [5.74, 6) is -0.0465. The Hall–Kier alpha value is -1.39. The number of amides is 1. The van der Waals surface area contributed by atoms with Gasteiger partial charge in [0.25, 0.3) is 0 Å². The summed E-state index contributed by atoms with van der Waals surface area (Å²) in [6, 6.07) is 5.72. The van der Waals surface area contributed by atoms with Crippen LogP contribution in [0.5, 0.6) is 0 Å². The van der Waals surface area contributed by atoms with Gasteiger partial charge in [0.15, 0.2) is 0 Å². The molecular weight excluding hydrogens is 264 g/mol. The molecule has 1 amide bonds. The van der Waals surface area contributed by atoms with E-state index in [4.69, 9.17) is 0 Å². The Morgan fingerprint density at radius 1 is 1.38 bits per heavy atom. The third-order valence-electron chi connectivity index (χ3n) is 3.57. The van der Waals surface area contributed by atoms with Crippen LogP contribution in [0.2, 0.25) is 0 Å². The van der Waals surface area contributed by atoms with Crippen LogP contribution in [0.25, 0.3) is 0 Å². The zero-order valence-electron chi connectivity index (χ0n) is 14.0. The molecule has 0 heterocycles. The molecule has 1 unspecified atom stereocenters. The van der Waals surface area contributed by atoms with Crippen LogP contribution in [0.4, 0.5) is 5.69 Å². The first-order chi connectivity index (χ1) is 9.64. The fourth-order valence-corrected chi connectivity index (χ4v) is 2.29. The molecule has 0 bridgehead atoms. The van der Waals surface area contributed by atoms with Gasteiger partial charge >= 0.3 is 0 Å². The standard InChI is InChI=1S/C17H28N2O2/c1-7-19(11-17(5,6)21)14(4)16(20)18-15-10-12(2)8-9-13(15)3/h8-10,14,21H,7,11H2,1-6H3,(H,18,20). The highest BCUT2D eigenvalue weighted by molar-refractivity contribution is 5.95. The van der Waals surface area contributed by atoms with Crippen molar-refractivity contribution >= 4 is 11.6 Å². The maximum atomic E-state index is 12.4. The number of carbonyl (C=O) groups is 1. The smallest absolute Gasteiger partial charge is 0.241 e. The molecule has 0 fully saturated rings. The van der Waals surface area contributed by atoms with Crippen molar-refractivity contribution in [2.75, 3.05) is 18.4 Å². The van der Waals surface area contributed by atoms with Gasteiger partial charge in [-0.05, 0) is 58.4 Å². The number of likely N-dealkylation sites (N-methyl/N-ethyl adjacent to an activating group) is 1. The number of rotatable bonds is 6. The number of benzene rings is 1. The van der Waals surface area contributed by atoms with Crippen LogP contribution in [0, 0.1) is 13.8 Å². The van der Waals surface area contributed by atoms with Crippen LogP contribution >= 0.6 is 0 Å². The van der Waals surface area contributed by atoms with Crippen LogP contribution in [0.15, 0.2) is 18.2 Å². The predicted octanol–water partition coefficient (Wildman–Crippen LogP) is 2.72. The molecule has 2 N–H and O–H groups in total. The van der Waals surface area contributed by atoms with E-state index < -0.39 is 5.60 Å². The monoisotopic (exact) mass is 292 g/mol. The summed E-state index contributed by atoms with van der Waals surface area (Å²) < 4.78 is 0. The Balaban J connectivity index is 2.79. The zero-order valence-corrected chi connectivity index (χ0v) is 14.0. The SMILES string of the molecule is CCN(CC(C)(C)O)C(C)C(=O)Nc1cc(C)ccc1C. The van der Waals surface area contributed by atoms with E-state index in [0.717, 1.165) is 16.8 Å². The highest BCUT2D eigenvalue weighted by Crippen LogP contribution is 2.17. The second-order valence-corrected chi connectivity index (χ2v) is 6.36. The highest BCUT2D eigenvalue weighted by atomic mass is 16.3. The molecule has 118 valence electrons. The number of nitrogens with zero attached hydrogens (tertiary/aromatic N) is 1. The molecule has 0 saturated carbocycles. The molecule has 0 aliphatic heterocycles. The molecule has 0 aromatic heterocycles. The van der Waals surface area contributed by atoms with Crippen molar-refractivity contribution in [3.63, 3.8) is 0 Å². The van der Waals surface area contributed by atoms with Crippen LogP contribution in [0.1, 0.15) is 38.8 Å². The van der Waals surface area contributed by atoms with Crippen molar-refractivity contribution in [3.05, 3.63) is 29.3 Å². The van der Waals surface area contributed by atoms with E-state index in [9.17, 15) is 9.90 Å². The van der Waals surface area contributed by atoms with Gasteiger partial charge < -0.3 is 10.4 Å². The van der Waals surface area contributed by atoms with Gasteiger partial charge in [-0.25, -0.2) is 0 Å². The van der Waals surface area contributed by atoms with Crippen molar-refractivity contribution in [1.82, 2.24) is 4.90 Å². The van der Waals surface area contributed by atoms with Crippen LogP contribution in [-0.2, 0) is 4.79 Å². The second kappa shape index (κ2) is 7.05. The van der Waals surface area contributed by atoms with Crippen molar-refractivity contribution in [2.45, 2.75) is 53.2 Å². The Bertz CT molecular complexity index is 492. The Kier molecular flexibility index (Phi) is 5.93. The maximum Gasteiger partial charge on any atom is 0.241 e. The molecule has 1 aromatic carbocycles. The van der Waals surface area contributed by atoms with Gasteiger partial charge in [-0.1, -0.05) is 19.1 Å². The third-order valence-corrected chi connectivity index (χ3v) is 3.57. The van der Waals surface area contributed by atoms with E-state index in [-0.39, 0.29) is 11.9 Å². The highest BCUT2D eigenvalue weighted by Gasteiger charge is 2.25. The summed E-state index contributed by atoms with van der Waals surface area (Å²) in [6.07, 6.45) is 0. The molecular formula is C17H28N2O2. The number of aryl methyl sites for hydroxylation is 2. The van der Waals surface area contributed by atoms with Gasteiger partial charge in [-0.2, -0.15) is 0 Å². The lowest BCUT2D eigenvalue weighted by molar-refractivity contribution is -0.121. The lowest BCUT2D eigenvalue weighted by Crippen LogP contribution is -2.48. The molecule has 4 nitrogen and oxygen atoms in total. The molecule has 1 rings (SSSR count). The normalized spacial score (nSPS) is 13.3. The van der Waals surface area contributed by atoms with Gasteiger partial charge in [0.05, 0.1) is 11.6 Å². The summed E-state index contributed by atoms with van der Waals surface area (Å²) in [5, 5.41) is 12.9. The van der Waals surface area contributed by atoms with Gasteiger partial charge in [-0.3, -0.25) is 9.69 Å². The number of nitrogens with one attached hydrogen (secondary N) is 1. The first kappa shape index (κ1) is 17.7. The third kappa shape index (κ3) is 5.48. The fourth-order valence-electron chi connectivity index (χ4n) is 2.29. The summed E-state index contributed by atoms with van der Waals surface area (Å²) >= 11 is 0. The van der Waals surface area contributed by atoms with Gasteiger partial charge in [0, 0.05) is 12.2 Å². The minimum Gasteiger partial charge on any atom is -0.389 e. The summed E-state index contributed by atoms with van der Waals surface area (Å²) in [5.41, 5.74) is 2.20. The Morgan fingerprint density at radius 2 is 2.00 bits per heavy atom. The lowest BCUT2D eigenvalue weighted by atomic mass is 10.1. The van der Waals surface area contributed by atoms with Gasteiger partial charge in [-0.15, -0.1) is 0 Å².